The smallest absolute Gasteiger partial charge is 0.145 e. The minimum Gasteiger partial charge on any atom is -0.382 e. The van der Waals surface area contributed by atoms with Crippen molar-refractivity contribution in [2.45, 2.75) is 0 Å². The van der Waals surface area contributed by atoms with Crippen molar-refractivity contribution in [3.05, 3.63) is 28.3 Å². The van der Waals surface area contributed by atoms with Crippen molar-refractivity contribution in [1.29, 1.82) is 0 Å². The zero-order valence-corrected chi connectivity index (χ0v) is 6.31. The van der Waals surface area contributed by atoms with Gasteiger partial charge in [0.05, 0.1) is 5.69 Å². The fourth-order valence-electron chi connectivity index (χ4n) is 0.702. The lowest BCUT2D eigenvalue weighted by atomic mass is 10.4. The minimum absolute atomic E-state index is 0.329. The molecular weight excluding hydrogens is 156 g/mol. The Kier molecular flexibility index (Phi) is 2.75. The van der Waals surface area contributed by atoms with Crippen LogP contribution in [0.3, 0.4) is 0 Å². The van der Waals surface area contributed by atoms with Gasteiger partial charge in [-0.1, -0.05) is 11.2 Å². The van der Waals surface area contributed by atoms with Crippen molar-refractivity contribution in [3.8, 4) is 0 Å². The summed E-state index contributed by atoms with van der Waals surface area (Å²) in [5.74, 6) is 0.443. The van der Waals surface area contributed by atoms with Gasteiger partial charge in [0.1, 0.15) is 5.82 Å². The number of nitrogens with zero attached hydrogens (tertiary/aromatic N) is 4. The molecule has 0 fully saturated rings. The van der Waals surface area contributed by atoms with Gasteiger partial charge < -0.3 is 5.73 Å². The van der Waals surface area contributed by atoms with Crippen LogP contribution in [0.1, 0.15) is 5.69 Å². The second kappa shape index (κ2) is 4.05. The highest BCUT2D eigenvalue weighted by molar-refractivity contribution is 5.48. The molecule has 62 valence electrons. The van der Waals surface area contributed by atoms with Crippen LogP contribution < -0.4 is 5.73 Å². The summed E-state index contributed by atoms with van der Waals surface area (Å²) >= 11 is 0. The van der Waals surface area contributed by atoms with E-state index in [0.717, 1.165) is 5.69 Å². The van der Waals surface area contributed by atoms with E-state index in [1.54, 1.807) is 18.2 Å². The Bertz CT molecular complexity index is 319. The van der Waals surface area contributed by atoms with Crippen LogP contribution in [0.15, 0.2) is 17.3 Å². The average molecular weight is 164 g/mol. The molecule has 0 atom stereocenters. The van der Waals surface area contributed by atoms with E-state index in [4.69, 9.17) is 11.3 Å². The zero-order chi connectivity index (χ0) is 8.81. The third-order valence-electron chi connectivity index (χ3n) is 1.17. The van der Waals surface area contributed by atoms with Gasteiger partial charge in [-0.25, -0.2) is 0 Å². The molecule has 0 amide bonds. The van der Waals surface area contributed by atoms with Crippen molar-refractivity contribution < 1.29 is 0 Å². The Morgan fingerprint density at radius 2 is 2.67 bits per heavy atom. The van der Waals surface area contributed by atoms with E-state index >= 15 is 0 Å². The van der Waals surface area contributed by atoms with Gasteiger partial charge in [-0.05, 0) is 11.6 Å². The van der Waals surface area contributed by atoms with Crippen molar-refractivity contribution in [2.75, 3.05) is 12.3 Å². The van der Waals surface area contributed by atoms with Gasteiger partial charge in [-0.15, -0.1) is 0 Å². The van der Waals surface area contributed by atoms with Crippen molar-refractivity contribution in [3.63, 3.8) is 0 Å². The molecule has 0 spiro atoms. The number of hydrogen-bond donors (Lipinski definition) is 2. The maximum Gasteiger partial charge on any atom is 0.145 e. The molecule has 12 heavy (non-hydrogen) atoms. The zero-order valence-electron chi connectivity index (χ0n) is 6.31. The van der Waals surface area contributed by atoms with Gasteiger partial charge >= 0.3 is 0 Å². The monoisotopic (exact) mass is 164 g/mol. The number of nitrogens with two attached hydrogens (primary N) is 1. The number of nitrogens with one attached hydrogen (secondary N) is 1. The molecule has 0 radical (unpaired) electrons. The SMILES string of the molecule is [N-]=[N+]=NCC=Cc1cc(N)n[nH]1. The summed E-state index contributed by atoms with van der Waals surface area (Å²) in [6.07, 6.45) is 3.46. The fourth-order valence-corrected chi connectivity index (χ4v) is 0.702. The molecule has 0 saturated heterocycles. The van der Waals surface area contributed by atoms with E-state index in [1.165, 1.54) is 0 Å². The van der Waals surface area contributed by atoms with Crippen LogP contribution in [0, 0.1) is 0 Å². The maximum atomic E-state index is 7.95. The predicted molar refractivity (Wildman–Crippen MR) is 46.0 cm³/mol. The Balaban J connectivity index is 2.51. The lowest BCUT2D eigenvalue weighted by molar-refractivity contribution is 1.08. The number of H-pyrrole nitrogens is 1. The van der Waals surface area contributed by atoms with Crippen LogP contribution in [0.4, 0.5) is 5.82 Å². The van der Waals surface area contributed by atoms with Crippen LogP contribution in [-0.2, 0) is 0 Å². The number of aromatic nitrogens is 2. The molecule has 0 aliphatic carbocycles. The number of hydrogen-bond acceptors (Lipinski definition) is 3. The van der Waals surface area contributed by atoms with E-state index in [9.17, 15) is 0 Å². The van der Waals surface area contributed by atoms with Gasteiger partial charge in [0, 0.05) is 17.5 Å². The fraction of sp³-hybridized carbons (Fsp3) is 0.167. The Morgan fingerprint density at radius 1 is 1.83 bits per heavy atom. The van der Waals surface area contributed by atoms with E-state index < -0.39 is 0 Å². The molecule has 6 heteroatoms. The second-order valence-electron chi connectivity index (χ2n) is 2.06. The van der Waals surface area contributed by atoms with Crippen LogP contribution in [0.25, 0.3) is 16.5 Å². The summed E-state index contributed by atoms with van der Waals surface area (Å²) in [6.45, 7) is 0.329. The molecule has 1 heterocycles. The summed E-state index contributed by atoms with van der Waals surface area (Å²) < 4.78 is 0. The van der Waals surface area contributed by atoms with E-state index in [1.807, 2.05) is 0 Å². The molecule has 3 N–H and O–H groups in total. The first-order chi connectivity index (χ1) is 5.83. The molecule has 1 aromatic heterocycles. The highest BCUT2D eigenvalue weighted by Gasteiger charge is 1.89. The predicted octanol–water partition coefficient (Wildman–Crippen LogP) is 1.32. The van der Waals surface area contributed by atoms with Crippen LogP contribution in [0.2, 0.25) is 0 Å². The van der Waals surface area contributed by atoms with Crippen LogP contribution in [0.5, 0.6) is 0 Å². The number of azide groups is 1. The first-order valence-electron chi connectivity index (χ1n) is 3.31. The normalized spacial score (nSPS) is 10.0. The van der Waals surface area contributed by atoms with Crippen molar-refractivity contribution >= 4 is 11.9 Å². The highest BCUT2D eigenvalue weighted by Crippen LogP contribution is 2.01. The van der Waals surface area contributed by atoms with Crippen molar-refractivity contribution in [1.82, 2.24) is 10.2 Å². The van der Waals surface area contributed by atoms with Gasteiger partial charge in [-0.3, -0.25) is 5.10 Å². The van der Waals surface area contributed by atoms with Gasteiger partial charge in [0.15, 0.2) is 0 Å². The number of rotatable bonds is 3. The molecule has 1 rings (SSSR count). The summed E-state index contributed by atoms with van der Waals surface area (Å²) in [4.78, 5) is 2.60. The largest absolute Gasteiger partial charge is 0.382 e. The van der Waals surface area contributed by atoms with E-state index in [2.05, 4.69) is 20.2 Å². The molecule has 0 aliphatic rings. The summed E-state index contributed by atoms with van der Waals surface area (Å²) in [7, 11) is 0. The molecule has 1 aromatic rings. The number of nitrogen functional groups attached to an aromatic ring is 1. The van der Waals surface area contributed by atoms with Crippen molar-refractivity contribution in [2.24, 2.45) is 5.11 Å². The lowest BCUT2D eigenvalue weighted by Gasteiger charge is -1.80. The highest BCUT2D eigenvalue weighted by atomic mass is 15.2. The van der Waals surface area contributed by atoms with Gasteiger partial charge in [0.25, 0.3) is 0 Å². The summed E-state index contributed by atoms with van der Waals surface area (Å²) in [5, 5.41) is 9.72. The minimum atomic E-state index is 0.329. The molecule has 0 saturated carbocycles. The summed E-state index contributed by atoms with van der Waals surface area (Å²) in [5.41, 5.74) is 14.1. The Hall–Kier alpha value is -1.94. The second-order valence-corrected chi connectivity index (χ2v) is 2.06. The number of anilines is 1. The van der Waals surface area contributed by atoms with Crippen LogP contribution >= 0.6 is 0 Å². The standard InChI is InChI=1S/C6H8N6/c7-6-4-5(10-11-6)2-1-3-9-12-8/h1-2,4H,3H2,(H3,7,10,11). The van der Waals surface area contributed by atoms with E-state index in [-0.39, 0.29) is 0 Å². The first-order valence-corrected chi connectivity index (χ1v) is 3.31. The topological polar surface area (TPSA) is 103 Å². The van der Waals surface area contributed by atoms with Gasteiger partial charge in [-0.2, -0.15) is 5.10 Å². The van der Waals surface area contributed by atoms with Gasteiger partial charge in [0.2, 0.25) is 0 Å². The lowest BCUT2D eigenvalue weighted by Crippen LogP contribution is -1.81. The van der Waals surface area contributed by atoms with E-state index in [0.29, 0.717) is 12.4 Å². The number of aromatic amines is 1. The third-order valence-corrected chi connectivity index (χ3v) is 1.17. The Morgan fingerprint density at radius 3 is 3.25 bits per heavy atom. The van der Waals surface area contributed by atoms with Crippen LogP contribution in [-0.4, -0.2) is 16.7 Å². The molecular formula is C6H8N6. The molecule has 0 aliphatic heterocycles. The Labute approximate surface area is 68.7 Å². The first kappa shape index (κ1) is 8.16. The molecule has 0 aromatic carbocycles. The average Bonchev–Trinajstić information content (AvgIpc) is 2.45. The summed E-state index contributed by atoms with van der Waals surface area (Å²) in [6, 6.07) is 1.69. The molecule has 0 bridgehead atoms. The molecule has 0 unspecified atom stereocenters. The third kappa shape index (κ3) is 2.36. The maximum absolute atomic E-state index is 7.95. The molecule has 6 nitrogen and oxygen atoms in total. The quantitative estimate of drug-likeness (QED) is 0.399.